The monoisotopic (exact) mass is 411 g/mol. The Bertz CT molecular complexity index is 964. The highest BCUT2D eigenvalue weighted by Crippen LogP contribution is 2.34. The van der Waals surface area contributed by atoms with Crippen LogP contribution < -0.4 is 4.74 Å². The van der Waals surface area contributed by atoms with Gasteiger partial charge in [-0.3, -0.25) is 4.98 Å². The van der Waals surface area contributed by atoms with Gasteiger partial charge in [0, 0.05) is 23.9 Å². The van der Waals surface area contributed by atoms with Crippen molar-refractivity contribution in [3.8, 4) is 28.1 Å². The number of pyridine rings is 1. The van der Waals surface area contributed by atoms with E-state index in [1.165, 1.54) is 24.8 Å². The molecule has 0 saturated carbocycles. The third kappa shape index (κ3) is 5.03. The minimum atomic E-state index is -0.751. The summed E-state index contributed by atoms with van der Waals surface area (Å²) in [4.78, 5) is 4.57. The van der Waals surface area contributed by atoms with E-state index in [0.717, 1.165) is 29.5 Å². The van der Waals surface area contributed by atoms with Gasteiger partial charge in [-0.05, 0) is 54.7 Å². The van der Waals surface area contributed by atoms with Crippen molar-refractivity contribution < 1.29 is 18.3 Å². The lowest BCUT2D eigenvalue weighted by Crippen LogP contribution is -2.01. The number of hydrogen-bond acceptors (Lipinski definition) is 3. The van der Waals surface area contributed by atoms with E-state index >= 15 is 0 Å². The molecular formula is C25H27F2NO2. The van der Waals surface area contributed by atoms with Gasteiger partial charge in [0.1, 0.15) is 0 Å². The topological polar surface area (TPSA) is 31.4 Å². The molecule has 5 heteroatoms. The van der Waals surface area contributed by atoms with E-state index in [4.69, 9.17) is 9.47 Å². The van der Waals surface area contributed by atoms with Gasteiger partial charge in [0.25, 0.3) is 0 Å². The number of ether oxygens (including phenoxy) is 2. The van der Waals surface area contributed by atoms with Crippen LogP contribution in [-0.2, 0) is 17.6 Å². The van der Waals surface area contributed by atoms with E-state index in [-0.39, 0.29) is 0 Å². The smallest absolute Gasteiger partial charge is 0.190 e. The minimum Gasteiger partial charge on any atom is -0.491 e. The zero-order valence-corrected chi connectivity index (χ0v) is 17.7. The molecule has 158 valence electrons. The molecule has 30 heavy (non-hydrogen) atoms. The number of rotatable bonds is 9. The van der Waals surface area contributed by atoms with Crippen molar-refractivity contribution in [2.45, 2.75) is 33.1 Å². The lowest BCUT2D eigenvalue weighted by Gasteiger charge is -2.14. The number of hydrogen-bond donors (Lipinski definition) is 0. The summed E-state index contributed by atoms with van der Waals surface area (Å²) in [6.45, 7) is 5.35. The molecule has 0 saturated heterocycles. The second kappa shape index (κ2) is 10.3. The molecule has 3 nitrogen and oxygen atoms in total. The average molecular weight is 411 g/mol. The van der Waals surface area contributed by atoms with Crippen molar-refractivity contribution in [2.24, 2.45) is 0 Å². The fourth-order valence-corrected chi connectivity index (χ4v) is 3.46. The van der Waals surface area contributed by atoms with Crippen LogP contribution in [0.3, 0.4) is 0 Å². The first-order chi connectivity index (χ1) is 14.6. The van der Waals surface area contributed by atoms with Crippen LogP contribution >= 0.6 is 0 Å². The predicted molar refractivity (Wildman–Crippen MR) is 116 cm³/mol. The maximum Gasteiger partial charge on any atom is 0.190 e. The molecule has 0 bridgehead atoms. The second-order valence-corrected chi connectivity index (χ2v) is 7.11. The fourth-order valence-electron chi connectivity index (χ4n) is 3.46. The number of nitrogens with zero attached hydrogens (tertiary/aromatic N) is 1. The van der Waals surface area contributed by atoms with E-state index < -0.39 is 17.4 Å². The molecule has 0 aliphatic carbocycles. The Kier molecular flexibility index (Phi) is 7.52. The summed E-state index contributed by atoms with van der Waals surface area (Å²) >= 11 is 0. The quantitative estimate of drug-likeness (QED) is 0.391. The van der Waals surface area contributed by atoms with Gasteiger partial charge < -0.3 is 9.47 Å². The van der Waals surface area contributed by atoms with Gasteiger partial charge in [-0.15, -0.1) is 0 Å². The fraction of sp³-hybridized carbons (Fsp3) is 0.320. The SMILES string of the molecule is CCCc1ccc(-c2cc(CCOCC)cnc2-c2cc(F)c(OC)c(F)c2)cc1. The van der Waals surface area contributed by atoms with Crippen LogP contribution in [-0.4, -0.2) is 25.3 Å². The molecule has 0 radical (unpaired) electrons. The highest BCUT2D eigenvalue weighted by atomic mass is 19.1. The summed E-state index contributed by atoms with van der Waals surface area (Å²) in [6, 6.07) is 12.8. The molecule has 0 aliphatic heterocycles. The van der Waals surface area contributed by atoms with E-state index in [1.807, 2.05) is 25.1 Å². The van der Waals surface area contributed by atoms with Gasteiger partial charge in [-0.2, -0.15) is 0 Å². The normalized spacial score (nSPS) is 11.0. The number of halogens is 2. The lowest BCUT2D eigenvalue weighted by atomic mass is 9.95. The molecule has 0 spiro atoms. The highest BCUT2D eigenvalue weighted by molar-refractivity contribution is 5.81. The van der Waals surface area contributed by atoms with E-state index in [1.54, 1.807) is 6.20 Å². The molecular weight excluding hydrogens is 384 g/mol. The van der Waals surface area contributed by atoms with Crippen LogP contribution in [0.25, 0.3) is 22.4 Å². The molecule has 1 aromatic heterocycles. The van der Waals surface area contributed by atoms with Crippen molar-refractivity contribution in [2.75, 3.05) is 20.3 Å². The molecule has 0 fully saturated rings. The third-order valence-corrected chi connectivity index (χ3v) is 4.96. The van der Waals surface area contributed by atoms with E-state index in [0.29, 0.717) is 30.9 Å². The van der Waals surface area contributed by atoms with Crippen molar-refractivity contribution in [3.63, 3.8) is 0 Å². The predicted octanol–water partition coefficient (Wildman–Crippen LogP) is 6.23. The molecule has 3 aromatic rings. The number of aromatic nitrogens is 1. The van der Waals surface area contributed by atoms with Crippen LogP contribution in [0.2, 0.25) is 0 Å². The van der Waals surface area contributed by atoms with Crippen LogP contribution in [0.5, 0.6) is 5.75 Å². The number of aryl methyl sites for hydroxylation is 1. The van der Waals surface area contributed by atoms with Crippen molar-refractivity contribution in [1.82, 2.24) is 4.98 Å². The first-order valence-electron chi connectivity index (χ1n) is 10.3. The first-order valence-corrected chi connectivity index (χ1v) is 10.3. The molecule has 3 rings (SSSR count). The Morgan fingerprint density at radius 1 is 0.867 bits per heavy atom. The Labute approximate surface area is 176 Å². The van der Waals surface area contributed by atoms with Gasteiger partial charge in [-0.1, -0.05) is 37.6 Å². The largest absolute Gasteiger partial charge is 0.491 e. The standard InChI is InChI=1S/C25H27F2NO2/c1-4-6-17-7-9-19(10-8-17)21-13-18(11-12-30-5-2)16-28-24(21)20-14-22(26)25(29-3)23(27)15-20/h7-10,13-16H,4-6,11-12H2,1-3H3. The van der Waals surface area contributed by atoms with Crippen LogP contribution in [0, 0.1) is 11.6 Å². The number of benzene rings is 2. The Morgan fingerprint density at radius 2 is 1.57 bits per heavy atom. The van der Waals surface area contributed by atoms with Crippen LogP contribution in [0.1, 0.15) is 31.4 Å². The molecule has 0 atom stereocenters. The van der Waals surface area contributed by atoms with Gasteiger partial charge in [-0.25, -0.2) is 8.78 Å². The lowest BCUT2D eigenvalue weighted by molar-refractivity contribution is 0.151. The molecule has 0 amide bonds. The zero-order chi connectivity index (χ0) is 21.5. The van der Waals surface area contributed by atoms with Crippen molar-refractivity contribution in [1.29, 1.82) is 0 Å². The van der Waals surface area contributed by atoms with Crippen molar-refractivity contribution in [3.05, 3.63) is 71.4 Å². The molecule has 1 heterocycles. The summed E-state index contributed by atoms with van der Waals surface area (Å²) in [5, 5.41) is 0. The molecule has 0 N–H and O–H groups in total. The highest BCUT2D eigenvalue weighted by Gasteiger charge is 2.17. The maximum atomic E-state index is 14.3. The van der Waals surface area contributed by atoms with Gasteiger partial charge in [0.05, 0.1) is 19.4 Å². The van der Waals surface area contributed by atoms with Gasteiger partial charge in [0.2, 0.25) is 0 Å². The van der Waals surface area contributed by atoms with Crippen molar-refractivity contribution >= 4 is 0 Å². The van der Waals surface area contributed by atoms with E-state index in [2.05, 4.69) is 24.0 Å². The van der Waals surface area contributed by atoms with Crippen LogP contribution in [0.4, 0.5) is 8.78 Å². The summed E-state index contributed by atoms with van der Waals surface area (Å²) in [5.41, 5.74) is 4.94. The van der Waals surface area contributed by atoms with Gasteiger partial charge in [0.15, 0.2) is 17.4 Å². The number of methoxy groups -OCH3 is 1. The van der Waals surface area contributed by atoms with Crippen LogP contribution in [0.15, 0.2) is 48.7 Å². The zero-order valence-electron chi connectivity index (χ0n) is 17.7. The molecule has 2 aromatic carbocycles. The molecule has 0 unspecified atom stereocenters. The second-order valence-electron chi connectivity index (χ2n) is 7.11. The summed E-state index contributed by atoms with van der Waals surface area (Å²) in [7, 11) is 1.25. The van der Waals surface area contributed by atoms with Gasteiger partial charge >= 0.3 is 0 Å². The maximum absolute atomic E-state index is 14.3. The summed E-state index contributed by atoms with van der Waals surface area (Å²) in [5.74, 6) is -1.89. The summed E-state index contributed by atoms with van der Waals surface area (Å²) < 4.78 is 39.0. The van der Waals surface area contributed by atoms with E-state index in [9.17, 15) is 8.78 Å². The Morgan fingerprint density at radius 3 is 2.17 bits per heavy atom. The summed E-state index contributed by atoms with van der Waals surface area (Å²) in [6.07, 6.45) is 4.54. The average Bonchev–Trinajstić information content (AvgIpc) is 2.74. The Balaban J connectivity index is 2.08. The molecule has 0 aliphatic rings. The Hall–Kier alpha value is -2.79. The third-order valence-electron chi connectivity index (χ3n) is 4.96. The first kappa shape index (κ1) is 21.9. The minimum absolute atomic E-state index is 0.370.